The van der Waals surface area contributed by atoms with Gasteiger partial charge in [-0.2, -0.15) is 0 Å². The Kier molecular flexibility index (Phi) is 2.70. The smallest absolute Gasteiger partial charge is 0.137 e. The third-order valence-corrected chi connectivity index (χ3v) is 4.34. The number of thiophene rings is 1. The second kappa shape index (κ2) is 3.83. The molecule has 3 heteroatoms. The van der Waals surface area contributed by atoms with Crippen molar-refractivity contribution in [1.82, 2.24) is 0 Å². The maximum Gasteiger partial charge on any atom is 0.137 e. The molecule has 1 heterocycles. The van der Waals surface area contributed by atoms with Crippen LogP contribution >= 0.6 is 23.1 Å². The predicted octanol–water partition coefficient (Wildman–Crippen LogP) is 3.94. The number of ether oxygens (including phenoxy) is 1. The molecular formula is C11H12OS2. The lowest BCUT2D eigenvalue weighted by Gasteiger charge is -2.04. The van der Waals surface area contributed by atoms with Gasteiger partial charge in [0.2, 0.25) is 0 Å². The third-order valence-electron chi connectivity index (χ3n) is 2.28. The van der Waals surface area contributed by atoms with E-state index in [1.165, 1.54) is 20.5 Å². The summed E-state index contributed by atoms with van der Waals surface area (Å²) < 4.78 is 6.65. The number of aryl methyl sites for hydroxylation is 1. The Morgan fingerprint density at radius 3 is 2.79 bits per heavy atom. The molecule has 74 valence electrons. The summed E-state index contributed by atoms with van der Waals surface area (Å²) in [7, 11) is 1.72. The Hall–Kier alpha value is -0.670. The largest absolute Gasteiger partial charge is 0.495 e. The van der Waals surface area contributed by atoms with Crippen molar-refractivity contribution < 1.29 is 4.74 Å². The van der Waals surface area contributed by atoms with Gasteiger partial charge < -0.3 is 4.74 Å². The van der Waals surface area contributed by atoms with Crippen LogP contribution in [0.1, 0.15) is 5.56 Å². The topological polar surface area (TPSA) is 9.23 Å². The summed E-state index contributed by atoms with van der Waals surface area (Å²) in [5.74, 6) is 0.986. The van der Waals surface area contributed by atoms with Gasteiger partial charge in [-0.3, -0.25) is 0 Å². The molecule has 0 amide bonds. The van der Waals surface area contributed by atoms with E-state index in [-0.39, 0.29) is 0 Å². The van der Waals surface area contributed by atoms with E-state index >= 15 is 0 Å². The van der Waals surface area contributed by atoms with Crippen molar-refractivity contribution >= 4 is 33.2 Å². The number of thioether (sulfide) groups is 1. The molecule has 14 heavy (non-hydrogen) atoms. The van der Waals surface area contributed by atoms with Crippen LogP contribution in [0.25, 0.3) is 10.1 Å². The zero-order valence-electron chi connectivity index (χ0n) is 8.46. The van der Waals surface area contributed by atoms with Gasteiger partial charge in [0.1, 0.15) is 5.75 Å². The number of benzene rings is 1. The highest BCUT2D eigenvalue weighted by molar-refractivity contribution is 7.99. The van der Waals surface area contributed by atoms with Gasteiger partial charge in [-0.15, -0.1) is 23.1 Å². The Morgan fingerprint density at radius 1 is 1.36 bits per heavy atom. The van der Waals surface area contributed by atoms with Crippen molar-refractivity contribution in [2.75, 3.05) is 13.4 Å². The molecule has 1 aromatic heterocycles. The molecule has 0 aliphatic rings. The van der Waals surface area contributed by atoms with Crippen LogP contribution in [0.2, 0.25) is 0 Å². The van der Waals surface area contributed by atoms with Crippen LogP contribution < -0.4 is 4.74 Å². The summed E-state index contributed by atoms with van der Waals surface area (Å²) in [6.45, 7) is 2.15. The van der Waals surface area contributed by atoms with E-state index in [2.05, 4.69) is 30.7 Å². The average molecular weight is 224 g/mol. The highest BCUT2D eigenvalue weighted by Crippen LogP contribution is 2.39. The Morgan fingerprint density at radius 2 is 2.14 bits per heavy atom. The lowest BCUT2D eigenvalue weighted by molar-refractivity contribution is 0.421. The Bertz CT molecular complexity index is 460. The highest BCUT2D eigenvalue weighted by atomic mass is 32.2. The molecule has 0 radical (unpaired) electrons. The van der Waals surface area contributed by atoms with E-state index in [9.17, 15) is 0 Å². The molecule has 1 nitrogen and oxygen atoms in total. The van der Waals surface area contributed by atoms with Crippen molar-refractivity contribution in [2.45, 2.75) is 11.8 Å². The van der Waals surface area contributed by atoms with Gasteiger partial charge in [0, 0.05) is 15.7 Å². The van der Waals surface area contributed by atoms with Crippen molar-refractivity contribution in [3.63, 3.8) is 0 Å². The van der Waals surface area contributed by atoms with Gasteiger partial charge in [-0.05, 0) is 24.8 Å². The quantitative estimate of drug-likeness (QED) is 0.715. The SMILES string of the molecule is COc1csc2c(SC)c(C)ccc12. The van der Waals surface area contributed by atoms with Gasteiger partial charge in [0.05, 0.1) is 11.8 Å². The van der Waals surface area contributed by atoms with Crippen molar-refractivity contribution in [3.8, 4) is 5.75 Å². The molecule has 0 atom stereocenters. The number of methoxy groups -OCH3 is 1. The normalized spacial score (nSPS) is 10.8. The Balaban J connectivity index is 2.76. The third kappa shape index (κ3) is 1.41. The van der Waals surface area contributed by atoms with Crippen molar-refractivity contribution in [3.05, 3.63) is 23.1 Å². The fourth-order valence-corrected chi connectivity index (χ4v) is 3.65. The summed E-state index contributed by atoms with van der Waals surface area (Å²) in [6, 6.07) is 4.29. The van der Waals surface area contributed by atoms with E-state index in [1.54, 1.807) is 30.2 Å². The second-order valence-electron chi connectivity index (χ2n) is 3.10. The van der Waals surface area contributed by atoms with Crippen LogP contribution in [0.4, 0.5) is 0 Å². The molecule has 0 fully saturated rings. The lowest BCUT2D eigenvalue weighted by Crippen LogP contribution is -1.81. The molecule has 0 saturated heterocycles. The van der Waals surface area contributed by atoms with Gasteiger partial charge in [-0.25, -0.2) is 0 Å². The van der Waals surface area contributed by atoms with Gasteiger partial charge in [0.25, 0.3) is 0 Å². The summed E-state index contributed by atoms with van der Waals surface area (Å²) in [5, 5.41) is 3.30. The first-order valence-corrected chi connectivity index (χ1v) is 6.47. The summed E-state index contributed by atoms with van der Waals surface area (Å²) in [5.41, 5.74) is 1.34. The van der Waals surface area contributed by atoms with Crippen molar-refractivity contribution in [2.24, 2.45) is 0 Å². The molecule has 0 aliphatic carbocycles. The molecule has 2 rings (SSSR count). The number of rotatable bonds is 2. The first-order valence-electron chi connectivity index (χ1n) is 4.36. The molecule has 0 spiro atoms. The zero-order chi connectivity index (χ0) is 10.1. The van der Waals surface area contributed by atoms with E-state index in [1.807, 2.05) is 0 Å². The summed E-state index contributed by atoms with van der Waals surface area (Å²) >= 11 is 3.56. The van der Waals surface area contributed by atoms with Gasteiger partial charge in [-0.1, -0.05) is 6.07 Å². The minimum Gasteiger partial charge on any atom is -0.495 e. The van der Waals surface area contributed by atoms with E-state index in [4.69, 9.17) is 4.74 Å². The van der Waals surface area contributed by atoms with Crippen LogP contribution in [-0.2, 0) is 0 Å². The monoisotopic (exact) mass is 224 g/mol. The maximum atomic E-state index is 5.31. The molecule has 0 N–H and O–H groups in total. The molecule has 0 unspecified atom stereocenters. The van der Waals surface area contributed by atoms with Crippen molar-refractivity contribution in [1.29, 1.82) is 0 Å². The number of hydrogen-bond acceptors (Lipinski definition) is 3. The lowest BCUT2D eigenvalue weighted by atomic mass is 10.2. The van der Waals surface area contributed by atoms with Crippen LogP contribution in [0.5, 0.6) is 5.75 Å². The van der Waals surface area contributed by atoms with Crippen LogP contribution in [0.15, 0.2) is 22.4 Å². The maximum absolute atomic E-state index is 5.31. The summed E-state index contributed by atoms with van der Waals surface area (Å²) in [4.78, 5) is 1.37. The van der Waals surface area contributed by atoms with Gasteiger partial charge in [0.15, 0.2) is 0 Å². The fourth-order valence-electron chi connectivity index (χ4n) is 1.56. The van der Waals surface area contributed by atoms with Gasteiger partial charge >= 0.3 is 0 Å². The highest BCUT2D eigenvalue weighted by Gasteiger charge is 2.09. The number of hydrogen-bond donors (Lipinski definition) is 0. The Labute approximate surface area is 92.1 Å². The first-order chi connectivity index (χ1) is 6.77. The van der Waals surface area contributed by atoms with Crippen LogP contribution in [0, 0.1) is 6.92 Å². The second-order valence-corrected chi connectivity index (χ2v) is 4.79. The van der Waals surface area contributed by atoms with Crippen LogP contribution in [-0.4, -0.2) is 13.4 Å². The molecule has 0 saturated carbocycles. The fraction of sp³-hybridized carbons (Fsp3) is 0.273. The van der Waals surface area contributed by atoms with Crippen LogP contribution in [0.3, 0.4) is 0 Å². The molecular weight excluding hydrogens is 212 g/mol. The average Bonchev–Trinajstić information content (AvgIpc) is 2.60. The van der Waals surface area contributed by atoms with E-state index in [0.29, 0.717) is 0 Å². The van der Waals surface area contributed by atoms with E-state index < -0.39 is 0 Å². The minimum absolute atomic E-state index is 0.986. The standard InChI is InChI=1S/C11H12OS2/c1-7-4-5-8-9(12-2)6-14-11(8)10(7)13-3/h4-6H,1-3H3. The van der Waals surface area contributed by atoms with E-state index in [0.717, 1.165) is 5.75 Å². The number of fused-ring (bicyclic) bond motifs is 1. The molecule has 0 aliphatic heterocycles. The minimum atomic E-state index is 0.986. The summed E-state index contributed by atoms with van der Waals surface area (Å²) in [6.07, 6.45) is 2.12. The predicted molar refractivity (Wildman–Crippen MR) is 64.9 cm³/mol. The molecule has 1 aromatic carbocycles. The molecule has 2 aromatic rings. The first kappa shape index (κ1) is 9.87. The molecule has 0 bridgehead atoms. The zero-order valence-corrected chi connectivity index (χ0v) is 10.1.